The summed E-state index contributed by atoms with van der Waals surface area (Å²) in [4.78, 5) is 9.33. The molecule has 0 spiro atoms. The third kappa shape index (κ3) is 5.74. The fourth-order valence-electron chi connectivity index (χ4n) is 6.50. The number of hydrogen-bond donors (Lipinski definition) is 4. The van der Waals surface area contributed by atoms with Gasteiger partial charge in [-0.3, -0.25) is 0 Å². The number of ether oxygens (including phenoxy) is 1. The van der Waals surface area contributed by atoms with Crippen molar-refractivity contribution in [2.24, 2.45) is 5.41 Å². The number of nitrogens with one attached hydrogen (secondary N) is 1. The average molecular weight is 546 g/mol. The molecule has 8 heteroatoms. The number of rotatable bonds is 13. The van der Waals surface area contributed by atoms with Crippen LogP contribution >= 0.6 is 0 Å². The molecular weight excluding hydrogens is 502 g/mol. The van der Waals surface area contributed by atoms with Gasteiger partial charge in [-0.2, -0.15) is 4.98 Å². The second-order valence-electron chi connectivity index (χ2n) is 11.4. The molecule has 5 rings (SSSR count). The first-order chi connectivity index (χ1) is 19.5. The van der Waals surface area contributed by atoms with E-state index in [2.05, 4.69) is 57.1 Å². The van der Waals surface area contributed by atoms with Crippen molar-refractivity contribution in [2.75, 3.05) is 31.4 Å². The predicted octanol–water partition coefficient (Wildman–Crippen LogP) is 5.67. The molecule has 1 aliphatic carbocycles. The summed E-state index contributed by atoms with van der Waals surface area (Å²) < 4.78 is 8.07. The molecule has 5 N–H and O–H groups in total. The van der Waals surface area contributed by atoms with E-state index in [4.69, 9.17) is 10.5 Å². The van der Waals surface area contributed by atoms with Crippen LogP contribution in [0.25, 0.3) is 21.9 Å². The van der Waals surface area contributed by atoms with E-state index in [0.717, 1.165) is 71.8 Å². The van der Waals surface area contributed by atoms with Gasteiger partial charge in [-0.15, -0.1) is 0 Å². The molecule has 0 bridgehead atoms. The molecule has 4 aromatic rings. The van der Waals surface area contributed by atoms with Crippen LogP contribution in [-0.2, 0) is 13.0 Å². The molecule has 2 aromatic heterocycles. The Bertz CT molecular complexity index is 1440. The lowest BCUT2D eigenvalue weighted by Gasteiger charge is -2.26. The number of aryl methyl sites for hydroxylation is 1. The number of para-hydroxylation sites is 1. The van der Waals surface area contributed by atoms with Crippen molar-refractivity contribution in [3.8, 4) is 5.75 Å². The molecule has 2 aromatic carbocycles. The van der Waals surface area contributed by atoms with Gasteiger partial charge in [0.2, 0.25) is 5.95 Å². The minimum absolute atomic E-state index is 0.0639. The summed E-state index contributed by atoms with van der Waals surface area (Å²) in [5.41, 5.74) is 11.4. The topological polar surface area (TPSA) is 118 Å². The Balaban J connectivity index is 1.57. The van der Waals surface area contributed by atoms with Gasteiger partial charge < -0.3 is 30.6 Å². The number of aliphatic hydroxyl groups excluding tert-OH is 2. The number of aromatic nitrogens is 3. The number of nitrogen functional groups attached to an aromatic ring is 1. The van der Waals surface area contributed by atoms with Gasteiger partial charge in [0.05, 0.1) is 19.2 Å². The first-order valence-corrected chi connectivity index (χ1v) is 14.7. The van der Waals surface area contributed by atoms with Gasteiger partial charge in [0.1, 0.15) is 16.8 Å². The third-order valence-electron chi connectivity index (χ3n) is 8.69. The number of nitrogens with zero attached hydrogens (tertiary/aromatic N) is 3. The van der Waals surface area contributed by atoms with Crippen LogP contribution < -0.4 is 15.8 Å². The SMILES string of the molecule is CCC[C@@H](CCO)Nc1nc(N)nc2c3ccccc3n(Cc3cc(CCC4(CO)CCCC4)ccc3OC)c12. The Labute approximate surface area is 236 Å². The zero-order chi connectivity index (χ0) is 28.1. The van der Waals surface area contributed by atoms with Crippen LogP contribution in [0.3, 0.4) is 0 Å². The van der Waals surface area contributed by atoms with Crippen molar-refractivity contribution in [3.05, 3.63) is 53.6 Å². The van der Waals surface area contributed by atoms with Gasteiger partial charge in [-0.05, 0) is 61.6 Å². The van der Waals surface area contributed by atoms with E-state index in [1.807, 2.05) is 12.1 Å². The largest absolute Gasteiger partial charge is 0.496 e. The number of aliphatic hydroxyl groups is 2. The van der Waals surface area contributed by atoms with Crippen LogP contribution in [0.2, 0.25) is 0 Å². The predicted molar refractivity (Wildman–Crippen MR) is 162 cm³/mol. The Morgan fingerprint density at radius 2 is 1.90 bits per heavy atom. The van der Waals surface area contributed by atoms with Crippen LogP contribution in [0.5, 0.6) is 5.75 Å². The third-order valence-corrected chi connectivity index (χ3v) is 8.69. The molecule has 1 fully saturated rings. The van der Waals surface area contributed by atoms with E-state index < -0.39 is 0 Å². The van der Waals surface area contributed by atoms with E-state index in [1.54, 1.807) is 7.11 Å². The molecule has 214 valence electrons. The summed E-state index contributed by atoms with van der Waals surface area (Å²) in [5.74, 6) is 1.75. The molecule has 1 saturated carbocycles. The van der Waals surface area contributed by atoms with Crippen molar-refractivity contribution in [1.82, 2.24) is 14.5 Å². The Morgan fingerprint density at radius 3 is 2.62 bits per heavy atom. The van der Waals surface area contributed by atoms with Crippen molar-refractivity contribution >= 4 is 33.7 Å². The van der Waals surface area contributed by atoms with Gasteiger partial charge in [-0.25, -0.2) is 4.98 Å². The van der Waals surface area contributed by atoms with E-state index in [-0.39, 0.29) is 30.6 Å². The highest BCUT2D eigenvalue weighted by molar-refractivity contribution is 6.09. The lowest BCUT2D eigenvalue weighted by molar-refractivity contribution is 0.121. The van der Waals surface area contributed by atoms with Crippen molar-refractivity contribution in [2.45, 2.75) is 77.3 Å². The Morgan fingerprint density at radius 1 is 1.10 bits per heavy atom. The van der Waals surface area contributed by atoms with E-state index in [9.17, 15) is 10.2 Å². The first-order valence-electron chi connectivity index (χ1n) is 14.7. The molecule has 2 heterocycles. The molecule has 0 unspecified atom stereocenters. The first kappa shape index (κ1) is 28.2. The number of hydrogen-bond acceptors (Lipinski definition) is 7. The van der Waals surface area contributed by atoms with Crippen molar-refractivity contribution in [1.29, 1.82) is 0 Å². The zero-order valence-electron chi connectivity index (χ0n) is 23.8. The smallest absolute Gasteiger partial charge is 0.222 e. The van der Waals surface area contributed by atoms with Crippen LogP contribution in [0.15, 0.2) is 42.5 Å². The van der Waals surface area contributed by atoms with Crippen LogP contribution in [0.1, 0.15) is 69.4 Å². The van der Waals surface area contributed by atoms with Gasteiger partial charge in [-0.1, -0.05) is 56.5 Å². The van der Waals surface area contributed by atoms with E-state index >= 15 is 0 Å². The molecule has 0 aliphatic heterocycles. The Hall–Kier alpha value is -3.36. The number of anilines is 2. The summed E-state index contributed by atoms with van der Waals surface area (Å²) in [6.07, 6.45) is 9.11. The van der Waals surface area contributed by atoms with Crippen LogP contribution in [0.4, 0.5) is 11.8 Å². The second kappa shape index (κ2) is 12.4. The maximum absolute atomic E-state index is 10.1. The fourth-order valence-corrected chi connectivity index (χ4v) is 6.50. The zero-order valence-corrected chi connectivity index (χ0v) is 23.8. The molecule has 0 radical (unpaired) electrons. The summed E-state index contributed by atoms with van der Waals surface area (Å²) in [6.45, 7) is 3.09. The highest BCUT2D eigenvalue weighted by atomic mass is 16.5. The molecule has 0 saturated heterocycles. The number of benzene rings is 2. The Kier molecular flexibility index (Phi) is 8.76. The maximum Gasteiger partial charge on any atom is 0.222 e. The van der Waals surface area contributed by atoms with E-state index in [0.29, 0.717) is 18.8 Å². The van der Waals surface area contributed by atoms with Gasteiger partial charge in [0.25, 0.3) is 0 Å². The minimum Gasteiger partial charge on any atom is -0.496 e. The number of nitrogens with two attached hydrogens (primary N) is 1. The van der Waals surface area contributed by atoms with Crippen LogP contribution in [-0.4, -0.2) is 51.1 Å². The molecule has 8 nitrogen and oxygen atoms in total. The average Bonchev–Trinajstić information content (AvgIpc) is 3.56. The molecule has 1 atom stereocenters. The lowest BCUT2D eigenvalue weighted by atomic mass is 9.81. The maximum atomic E-state index is 10.1. The van der Waals surface area contributed by atoms with Gasteiger partial charge in [0.15, 0.2) is 5.82 Å². The molecule has 1 aliphatic rings. The highest BCUT2D eigenvalue weighted by Crippen LogP contribution is 2.42. The van der Waals surface area contributed by atoms with E-state index in [1.165, 1.54) is 18.4 Å². The van der Waals surface area contributed by atoms with Gasteiger partial charge in [0, 0.05) is 30.2 Å². The lowest BCUT2D eigenvalue weighted by Crippen LogP contribution is -2.22. The summed E-state index contributed by atoms with van der Waals surface area (Å²) >= 11 is 0. The quantitative estimate of drug-likeness (QED) is 0.171. The van der Waals surface area contributed by atoms with Crippen LogP contribution in [0, 0.1) is 5.41 Å². The fraction of sp³-hybridized carbons (Fsp3) is 0.500. The van der Waals surface area contributed by atoms with Crippen molar-refractivity contribution < 1.29 is 14.9 Å². The highest BCUT2D eigenvalue weighted by Gasteiger charge is 2.32. The standard InChI is InChI=1S/C32H43N5O3/c1-3-8-24(14-18-38)34-30-29-28(35-31(33)36-30)25-9-4-5-10-26(25)37(29)20-23-19-22(11-12-27(23)40-2)13-17-32(21-39)15-6-7-16-32/h4-5,9-12,19,24,38-39H,3,6-8,13-18,20-21H2,1-2H3,(H3,33,34,35,36)/t24-/m0/s1. The molecular formula is C32H43N5O3. The van der Waals surface area contributed by atoms with Gasteiger partial charge >= 0.3 is 0 Å². The molecule has 40 heavy (non-hydrogen) atoms. The monoisotopic (exact) mass is 545 g/mol. The summed E-state index contributed by atoms with van der Waals surface area (Å²) in [6, 6.07) is 14.8. The second-order valence-corrected chi connectivity index (χ2v) is 11.4. The number of fused-ring (bicyclic) bond motifs is 3. The normalized spacial score (nSPS) is 15.6. The summed E-state index contributed by atoms with van der Waals surface area (Å²) in [7, 11) is 1.71. The summed E-state index contributed by atoms with van der Waals surface area (Å²) in [5, 5.41) is 24.4. The minimum atomic E-state index is 0.0639. The molecule has 0 amide bonds. The van der Waals surface area contributed by atoms with Crippen molar-refractivity contribution in [3.63, 3.8) is 0 Å². The number of methoxy groups -OCH3 is 1.